The first-order valence-electron chi connectivity index (χ1n) is 8.28. The van der Waals surface area contributed by atoms with E-state index in [0.29, 0.717) is 23.5 Å². The molecular weight excluding hydrogens is 354 g/mol. The van der Waals surface area contributed by atoms with Crippen molar-refractivity contribution in [2.45, 2.75) is 13.3 Å². The zero-order valence-electron chi connectivity index (χ0n) is 14.3. The Hall–Kier alpha value is -2.64. The van der Waals surface area contributed by atoms with Crippen molar-refractivity contribution in [3.8, 4) is 0 Å². The molecule has 8 heteroatoms. The van der Waals surface area contributed by atoms with Gasteiger partial charge in [-0.15, -0.1) is 0 Å². The van der Waals surface area contributed by atoms with Crippen molar-refractivity contribution in [2.75, 3.05) is 29.5 Å². The Bertz CT molecular complexity index is 849. The second-order valence-electron chi connectivity index (χ2n) is 6.25. The molecule has 0 saturated carbocycles. The van der Waals surface area contributed by atoms with Gasteiger partial charge < -0.3 is 21.7 Å². The van der Waals surface area contributed by atoms with Crippen LogP contribution >= 0.6 is 11.6 Å². The highest BCUT2D eigenvalue weighted by atomic mass is 35.5. The van der Waals surface area contributed by atoms with Crippen molar-refractivity contribution >= 4 is 40.6 Å². The molecule has 1 aromatic heterocycles. The fourth-order valence-electron chi connectivity index (χ4n) is 2.78. The number of aryl methyl sites for hydroxylation is 1. The zero-order valence-corrected chi connectivity index (χ0v) is 15.1. The van der Waals surface area contributed by atoms with E-state index >= 15 is 0 Å². The number of nitrogen functional groups attached to an aromatic ring is 1. The van der Waals surface area contributed by atoms with E-state index in [4.69, 9.17) is 17.3 Å². The number of carbonyl (C=O) groups excluding carboxylic acids is 2. The second-order valence-corrected chi connectivity index (χ2v) is 6.66. The Balaban J connectivity index is 1.74. The number of carbonyl (C=O) groups is 2. The van der Waals surface area contributed by atoms with Gasteiger partial charge in [0.05, 0.1) is 22.8 Å². The fraction of sp³-hybridized carbons (Fsp3) is 0.278. The normalized spacial score (nSPS) is 16.3. The number of amides is 2. The van der Waals surface area contributed by atoms with E-state index in [0.717, 1.165) is 18.5 Å². The first-order valence-corrected chi connectivity index (χ1v) is 8.66. The molecule has 2 aromatic rings. The Labute approximate surface area is 156 Å². The predicted molar refractivity (Wildman–Crippen MR) is 102 cm³/mol. The predicted octanol–water partition coefficient (Wildman–Crippen LogP) is 2.43. The number of rotatable bonds is 4. The summed E-state index contributed by atoms with van der Waals surface area (Å²) in [6.07, 6.45) is 2.25. The van der Waals surface area contributed by atoms with Crippen molar-refractivity contribution in [1.82, 2.24) is 10.3 Å². The molecular formula is C18H20ClN5O2. The van der Waals surface area contributed by atoms with Gasteiger partial charge in [-0.25, -0.2) is 4.98 Å². The van der Waals surface area contributed by atoms with Gasteiger partial charge in [-0.05, 0) is 43.7 Å². The smallest absolute Gasteiger partial charge is 0.256 e. The lowest BCUT2D eigenvalue weighted by Gasteiger charge is -2.13. The summed E-state index contributed by atoms with van der Waals surface area (Å²) in [4.78, 5) is 28.8. The summed E-state index contributed by atoms with van der Waals surface area (Å²) < 4.78 is 0. The van der Waals surface area contributed by atoms with Crippen molar-refractivity contribution in [2.24, 2.45) is 5.92 Å². The Morgan fingerprint density at radius 2 is 2.08 bits per heavy atom. The van der Waals surface area contributed by atoms with E-state index in [9.17, 15) is 9.59 Å². The zero-order chi connectivity index (χ0) is 18.7. The monoisotopic (exact) mass is 373 g/mol. The number of nitrogens with one attached hydrogen (secondary N) is 3. The molecule has 7 nitrogen and oxygen atoms in total. The number of nitrogens with zero attached hydrogens (tertiary/aromatic N) is 1. The largest absolute Gasteiger partial charge is 0.382 e. The van der Waals surface area contributed by atoms with Crippen LogP contribution in [0.1, 0.15) is 22.3 Å². The van der Waals surface area contributed by atoms with Gasteiger partial charge in [-0.2, -0.15) is 0 Å². The minimum Gasteiger partial charge on any atom is -0.382 e. The number of hydrogen-bond donors (Lipinski definition) is 4. The van der Waals surface area contributed by atoms with Gasteiger partial charge in [0.2, 0.25) is 5.91 Å². The highest BCUT2D eigenvalue weighted by molar-refractivity contribution is 6.33. The lowest BCUT2D eigenvalue weighted by molar-refractivity contribution is -0.119. The lowest BCUT2D eigenvalue weighted by Crippen LogP contribution is -2.25. The number of halogens is 1. The topological polar surface area (TPSA) is 109 Å². The van der Waals surface area contributed by atoms with Gasteiger partial charge >= 0.3 is 0 Å². The van der Waals surface area contributed by atoms with Crippen LogP contribution in [0.15, 0.2) is 30.5 Å². The van der Waals surface area contributed by atoms with Gasteiger partial charge in [0.1, 0.15) is 5.82 Å². The van der Waals surface area contributed by atoms with Crippen LogP contribution < -0.4 is 21.7 Å². The van der Waals surface area contributed by atoms with Crippen LogP contribution in [0.4, 0.5) is 17.2 Å². The van der Waals surface area contributed by atoms with Gasteiger partial charge in [0, 0.05) is 17.8 Å². The van der Waals surface area contributed by atoms with Gasteiger partial charge in [0.25, 0.3) is 5.91 Å². The SMILES string of the molecule is Cc1ccc(NC(=O)C2CCNC2)cc1C(=O)Nc1cnc(N)c(Cl)c1. The number of anilines is 3. The third kappa shape index (κ3) is 4.12. The maximum absolute atomic E-state index is 12.6. The molecule has 0 spiro atoms. The number of hydrogen-bond acceptors (Lipinski definition) is 5. The maximum Gasteiger partial charge on any atom is 0.256 e. The summed E-state index contributed by atoms with van der Waals surface area (Å²) >= 11 is 5.93. The molecule has 136 valence electrons. The molecule has 1 aliphatic heterocycles. The molecule has 5 N–H and O–H groups in total. The van der Waals surface area contributed by atoms with Crippen LogP contribution in [-0.4, -0.2) is 29.9 Å². The van der Waals surface area contributed by atoms with Crippen molar-refractivity contribution in [3.05, 3.63) is 46.6 Å². The van der Waals surface area contributed by atoms with Crippen LogP contribution in [0, 0.1) is 12.8 Å². The summed E-state index contributed by atoms with van der Waals surface area (Å²) in [6, 6.07) is 6.78. The molecule has 1 unspecified atom stereocenters. The first-order chi connectivity index (χ1) is 12.4. The van der Waals surface area contributed by atoms with Crippen molar-refractivity contribution in [1.29, 1.82) is 0 Å². The van der Waals surface area contributed by atoms with Crippen LogP contribution in [0.2, 0.25) is 5.02 Å². The summed E-state index contributed by atoms with van der Waals surface area (Å²) in [5.74, 6) is -0.202. The molecule has 3 rings (SSSR count). The Morgan fingerprint density at radius 3 is 2.77 bits per heavy atom. The molecule has 0 bridgehead atoms. The van der Waals surface area contributed by atoms with E-state index in [-0.39, 0.29) is 28.6 Å². The van der Waals surface area contributed by atoms with E-state index in [1.54, 1.807) is 18.2 Å². The van der Waals surface area contributed by atoms with Crippen molar-refractivity contribution < 1.29 is 9.59 Å². The number of aromatic nitrogens is 1. The molecule has 0 aliphatic carbocycles. The average molecular weight is 374 g/mol. The van der Waals surface area contributed by atoms with Gasteiger partial charge in [0.15, 0.2) is 0 Å². The summed E-state index contributed by atoms with van der Waals surface area (Å²) in [5, 5.41) is 9.05. The molecule has 1 aliphatic rings. The quantitative estimate of drug-likeness (QED) is 0.658. The van der Waals surface area contributed by atoms with Crippen molar-refractivity contribution in [3.63, 3.8) is 0 Å². The highest BCUT2D eigenvalue weighted by Crippen LogP contribution is 2.22. The number of pyridine rings is 1. The number of nitrogens with two attached hydrogens (primary N) is 1. The minimum absolute atomic E-state index is 0.0419. The summed E-state index contributed by atoms with van der Waals surface area (Å²) in [7, 11) is 0. The molecule has 1 aromatic carbocycles. The molecule has 26 heavy (non-hydrogen) atoms. The fourth-order valence-corrected chi connectivity index (χ4v) is 2.95. The molecule has 1 fully saturated rings. The van der Waals surface area contributed by atoms with Gasteiger partial charge in [-0.1, -0.05) is 17.7 Å². The number of benzene rings is 1. The van der Waals surface area contributed by atoms with Crippen LogP contribution in [0.25, 0.3) is 0 Å². The Kier molecular flexibility index (Phi) is 5.39. The van der Waals surface area contributed by atoms with Crippen LogP contribution in [-0.2, 0) is 4.79 Å². The molecule has 1 atom stereocenters. The maximum atomic E-state index is 12.6. The molecule has 1 saturated heterocycles. The standard InChI is InChI=1S/C18H20ClN5O2/c1-10-2-3-12(23-17(25)11-4-5-21-8-11)6-14(10)18(26)24-13-7-15(19)16(20)22-9-13/h2-3,6-7,9,11,21H,4-5,8H2,1H3,(H2,20,22)(H,23,25)(H,24,26). The average Bonchev–Trinajstić information content (AvgIpc) is 3.14. The van der Waals surface area contributed by atoms with E-state index in [1.165, 1.54) is 12.3 Å². The molecule has 2 amide bonds. The highest BCUT2D eigenvalue weighted by Gasteiger charge is 2.22. The Morgan fingerprint density at radius 1 is 1.27 bits per heavy atom. The van der Waals surface area contributed by atoms with Gasteiger partial charge in [-0.3, -0.25) is 9.59 Å². The summed E-state index contributed by atoms with van der Waals surface area (Å²) in [5.41, 5.74) is 7.85. The summed E-state index contributed by atoms with van der Waals surface area (Å²) in [6.45, 7) is 3.35. The third-order valence-corrected chi connectivity index (χ3v) is 4.61. The van der Waals surface area contributed by atoms with E-state index in [1.807, 2.05) is 6.92 Å². The van der Waals surface area contributed by atoms with E-state index in [2.05, 4.69) is 20.9 Å². The van der Waals surface area contributed by atoms with Crippen LogP contribution in [0.3, 0.4) is 0 Å². The molecule has 0 radical (unpaired) electrons. The molecule has 2 heterocycles. The minimum atomic E-state index is -0.316. The third-order valence-electron chi connectivity index (χ3n) is 4.31. The first kappa shape index (κ1) is 18.2. The van der Waals surface area contributed by atoms with E-state index < -0.39 is 0 Å². The second kappa shape index (κ2) is 7.72. The lowest BCUT2D eigenvalue weighted by atomic mass is 10.1. The van der Waals surface area contributed by atoms with Crippen LogP contribution in [0.5, 0.6) is 0 Å².